The molecule has 2 aliphatic heterocycles. The van der Waals surface area contributed by atoms with Crippen molar-refractivity contribution in [2.24, 2.45) is 0 Å². The Morgan fingerprint density at radius 3 is 2.90 bits per heavy atom. The lowest BCUT2D eigenvalue weighted by atomic mass is 9.89. The van der Waals surface area contributed by atoms with Crippen molar-refractivity contribution in [2.45, 2.75) is 43.9 Å². The van der Waals surface area contributed by atoms with Gasteiger partial charge in [-0.3, -0.25) is 0 Å². The van der Waals surface area contributed by atoms with Crippen LogP contribution in [0.1, 0.15) is 37.8 Å². The summed E-state index contributed by atoms with van der Waals surface area (Å²) in [5, 5.41) is 3.69. The third-order valence-corrected chi connectivity index (χ3v) is 5.64. The van der Waals surface area contributed by atoms with Crippen LogP contribution in [0.2, 0.25) is 0 Å². The summed E-state index contributed by atoms with van der Waals surface area (Å²) >= 11 is 2.00. The van der Waals surface area contributed by atoms with Gasteiger partial charge in [-0.1, -0.05) is 12.1 Å². The fraction of sp³-hybridized carbons (Fsp3) is 0.625. The van der Waals surface area contributed by atoms with Gasteiger partial charge in [-0.2, -0.15) is 11.8 Å². The molecule has 1 N–H and O–H groups in total. The van der Waals surface area contributed by atoms with Crippen LogP contribution < -0.4 is 5.32 Å². The van der Waals surface area contributed by atoms with Crippen LogP contribution in [0.4, 0.5) is 4.39 Å². The molecule has 1 aromatic rings. The van der Waals surface area contributed by atoms with Crippen LogP contribution >= 0.6 is 11.8 Å². The molecule has 0 amide bonds. The summed E-state index contributed by atoms with van der Waals surface area (Å²) in [4.78, 5) is 0. The van der Waals surface area contributed by atoms with Gasteiger partial charge in [-0.15, -0.1) is 0 Å². The average molecular weight is 295 g/mol. The van der Waals surface area contributed by atoms with E-state index in [9.17, 15) is 4.39 Å². The molecule has 1 aromatic carbocycles. The van der Waals surface area contributed by atoms with Gasteiger partial charge in [0.05, 0.1) is 5.60 Å². The molecule has 3 unspecified atom stereocenters. The molecule has 0 saturated carbocycles. The number of benzene rings is 1. The lowest BCUT2D eigenvalue weighted by Crippen LogP contribution is -2.47. The molecule has 3 atom stereocenters. The number of nitrogens with one attached hydrogen (secondary N) is 1. The van der Waals surface area contributed by atoms with Crippen LogP contribution in [-0.2, 0) is 4.74 Å². The van der Waals surface area contributed by atoms with Gasteiger partial charge in [-0.05, 0) is 49.6 Å². The van der Waals surface area contributed by atoms with Gasteiger partial charge in [0.15, 0.2) is 0 Å². The Morgan fingerprint density at radius 2 is 2.20 bits per heavy atom. The summed E-state index contributed by atoms with van der Waals surface area (Å²) in [6.45, 7) is 3.01. The third kappa shape index (κ3) is 3.18. The zero-order chi connectivity index (χ0) is 14.0. The van der Waals surface area contributed by atoms with E-state index in [1.807, 2.05) is 23.9 Å². The van der Waals surface area contributed by atoms with Crippen LogP contribution in [0.15, 0.2) is 24.3 Å². The molecule has 2 saturated heterocycles. The summed E-state index contributed by atoms with van der Waals surface area (Å²) in [5.41, 5.74) is 1.26. The second kappa shape index (κ2) is 6.04. The van der Waals surface area contributed by atoms with Crippen molar-refractivity contribution in [3.63, 3.8) is 0 Å². The van der Waals surface area contributed by atoms with Gasteiger partial charge in [-0.25, -0.2) is 4.39 Å². The van der Waals surface area contributed by atoms with Gasteiger partial charge in [0, 0.05) is 24.4 Å². The van der Waals surface area contributed by atoms with Crippen molar-refractivity contribution in [3.8, 4) is 0 Å². The Morgan fingerprint density at radius 1 is 1.40 bits per heavy atom. The monoisotopic (exact) mass is 295 g/mol. The first-order chi connectivity index (χ1) is 9.67. The van der Waals surface area contributed by atoms with Crippen molar-refractivity contribution in [1.82, 2.24) is 5.32 Å². The van der Waals surface area contributed by atoms with Crippen LogP contribution in [-0.4, -0.2) is 29.8 Å². The molecule has 20 heavy (non-hydrogen) atoms. The fourth-order valence-corrected chi connectivity index (χ4v) is 4.61. The van der Waals surface area contributed by atoms with E-state index < -0.39 is 0 Å². The van der Waals surface area contributed by atoms with Crippen LogP contribution in [0.5, 0.6) is 0 Å². The SMILES string of the molecule is CC(NC1CCOC2(CCSC2)C1)c1ccc(F)cc1. The van der Waals surface area contributed by atoms with E-state index in [4.69, 9.17) is 4.74 Å². The van der Waals surface area contributed by atoms with Crippen LogP contribution in [0, 0.1) is 5.82 Å². The highest BCUT2D eigenvalue weighted by atomic mass is 32.2. The second-order valence-corrected chi connectivity index (χ2v) is 7.07. The number of ether oxygens (including phenoxy) is 1. The van der Waals surface area contributed by atoms with Crippen molar-refractivity contribution in [3.05, 3.63) is 35.6 Å². The lowest BCUT2D eigenvalue weighted by molar-refractivity contribution is -0.0711. The normalized spacial score (nSPS) is 31.6. The number of hydrogen-bond donors (Lipinski definition) is 1. The molecule has 2 nitrogen and oxygen atoms in total. The maximum atomic E-state index is 13.0. The number of thioether (sulfide) groups is 1. The summed E-state index contributed by atoms with van der Waals surface area (Å²) in [6.07, 6.45) is 3.35. The van der Waals surface area contributed by atoms with E-state index in [1.165, 1.54) is 24.3 Å². The summed E-state index contributed by atoms with van der Waals surface area (Å²) in [6, 6.07) is 7.56. The molecular formula is C16H22FNOS. The van der Waals surface area contributed by atoms with E-state index in [-0.39, 0.29) is 17.5 Å². The Balaban J connectivity index is 1.60. The molecule has 3 rings (SSSR count). The Kier molecular flexibility index (Phi) is 4.34. The molecule has 0 aliphatic carbocycles. The average Bonchev–Trinajstić information content (AvgIpc) is 2.87. The van der Waals surface area contributed by atoms with Crippen molar-refractivity contribution in [1.29, 1.82) is 0 Å². The molecule has 4 heteroatoms. The highest BCUT2D eigenvalue weighted by Crippen LogP contribution is 2.38. The first-order valence-electron chi connectivity index (χ1n) is 7.40. The van der Waals surface area contributed by atoms with Gasteiger partial charge in [0.25, 0.3) is 0 Å². The van der Waals surface area contributed by atoms with E-state index in [1.54, 1.807) is 0 Å². The Bertz CT molecular complexity index is 444. The molecule has 1 spiro atoms. The second-order valence-electron chi connectivity index (χ2n) is 5.96. The molecule has 0 bridgehead atoms. The van der Waals surface area contributed by atoms with Gasteiger partial charge in [0.2, 0.25) is 0 Å². The topological polar surface area (TPSA) is 21.3 Å². The maximum absolute atomic E-state index is 13.0. The van der Waals surface area contributed by atoms with Crippen molar-refractivity contribution < 1.29 is 9.13 Å². The maximum Gasteiger partial charge on any atom is 0.123 e. The molecule has 0 radical (unpaired) electrons. The summed E-state index contributed by atoms with van der Waals surface area (Å²) < 4.78 is 19.0. The van der Waals surface area contributed by atoms with Crippen LogP contribution in [0.25, 0.3) is 0 Å². The van der Waals surface area contributed by atoms with Gasteiger partial charge < -0.3 is 10.1 Å². The minimum Gasteiger partial charge on any atom is -0.374 e. The molecular weight excluding hydrogens is 273 g/mol. The largest absolute Gasteiger partial charge is 0.374 e. The van der Waals surface area contributed by atoms with E-state index >= 15 is 0 Å². The quantitative estimate of drug-likeness (QED) is 0.922. The number of halogens is 1. The molecule has 2 aliphatic rings. The summed E-state index contributed by atoms with van der Waals surface area (Å²) in [7, 11) is 0. The highest BCUT2D eigenvalue weighted by Gasteiger charge is 2.40. The number of rotatable bonds is 3. The van der Waals surface area contributed by atoms with E-state index in [0.717, 1.165) is 30.8 Å². The highest BCUT2D eigenvalue weighted by molar-refractivity contribution is 7.99. The first-order valence-corrected chi connectivity index (χ1v) is 8.56. The van der Waals surface area contributed by atoms with E-state index in [0.29, 0.717) is 6.04 Å². The predicted molar refractivity (Wildman–Crippen MR) is 81.6 cm³/mol. The lowest BCUT2D eigenvalue weighted by Gasteiger charge is -2.39. The Labute approximate surface area is 124 Å². The Hall–Kier alpha value is -0.580. The first kappa shape index (κ1) is 14.4. The van der Waals surface area contributed by atoms with Gasteiger partial charge in [0.1, 0.15) is 5.82 Å². The molecule has 2 fully saturated rings. The predicted octanol–water partition coefficient (Wildman–Crippen LogP) is 3.53. The van der Waals surface area contributed by atoms with Gasteiger partial charge >= 0.3 is 0 Å². The van der Waals surface area contributed by atoms with E-state index in [2.05, 4.69) is 12.2 Å². The minimum absolute atomic E-state index is 0.114. The molecule has 110 valence electrons. The zero-order valence-corrected chi connectivity index (χ0v) is 12.7. The molecule has 2 heterocycles. The zero-order valence-electron chi connectivity index (χ0n) is 11.9. The summed E-state index contributed by atoms with van der Waals surface area (Å²) in [5.74, 6) is 2.19. The smallest absolute Gasteiger partial charge is 0.123 e. The number of hydrogen-bond acceptors (Lipinski definition) is 3. The fourth-order valence-electron chi connectivity index (χ4n) is 3.23. The minimum atomic E-state index is -0.172. The standard InChI is InChI=1S/C16H22FNOS/c1-12(13-2-4-14(17)5-3-13)18-15-6-8-19-16(10-15)7-9-20-11-16/h2-5,12,15,18H,6-11H2,1H3. The van der Waals surface area contributed by atoms with Crippen molar-refractivity contribution >= 4 is 11.8 Å². The third-order valence-electron chi connectivity index (χ3n) is 4.42. The van der Waals surface area contributed by atoms with Crippen molar-refractivity contribution in [2.75, 3.05) is 18.1 Å². The van der Waals surface area contributed by atoms with Crippen LogP contribution in [0.3, 0.4) is 0 Å². The molecule has 0 aromatic heterocycles.